The first-order valence-electron chi connectivity index (χ1n) is 6.55. The first-order valence-corrected chi connectivity index (χ1v) is 6.55. The van der Waals surface area contributed by atoms with Crippen molar-refractivity contribution in [3.05, 3.63) is 0 Å². The number of hydrogen-bond donors (Lipinski definition) is 0. The van der Waals surface area contributed by atoms with Crippen LogP contribution < -0.4 is 0 Å². The average Bonchev–Trinajstić information content (AvgIpc) is 2.27. The topological polar surface area (TPSA) is 36.9 Å². The predicted molar refractivity (Wildman–Crippen MR) is 79.1 cm³/mol. The highest BCUT2D eigenvalue weighted by Gasteiger charge is 2.37. The van der Waals surface area contributed by atoms with Gasteiger partial charge in [-0.2, -0.15) is 0 Å². The van der Waals surface area contributed by atoms with E-state index < -0.39 is 5.79 Å². The van der Waals surface area contributed by atoms with E-state index >= 15 is 0 Å². The maximum Gasteiger partial charge on any atom is 0.169 e. The SMILES string of the molecule is COC(C)(OC)C(C)(C)C.COC(OC)C(C)(C)C. The molecule has 0 unspecified atom stereocenters. The number of rotatable bonds is 4. The van der Waals surface area contributed by atoms with Crippen LogP contribution in [-0.2, 0) is 18.9 Å². The smallest absolute Gasteiger partial charge is 0.169 e. The van der Waals surface area contributed by atoms with Crippen molar-refractivity contribution >= 4 is 0 Å². The van der Waals surface area contributed by atoms with Crippen LogP contribution in [0.15, 0.2) is 0 Å². The molecule has 0 aliphatic rings. The molecule has 0 amide bonds. The summed E-state index contributed by atoms with van der Waals surface area (Å²) in [6.45, 7) is 14.4. The maximum absolute atomic E-state index is 5.23. The summed E-state index contributed by atoms with van der Waals surface area (Å²) in [6, 6.07) is 0. The van der Waals surface area contributed by atoms with Gasteiger partial charge < -0.3 is 18.9 Å². The first kappa shape index (κ1) is 21.1. The van der Waals surface area contributed by atoms with E-state index in [1.54, 1.807) is 28.4 Å². The van der Waals surface area contributed by atoms with Gasteiger partial charge in [-0.1, -0.05) is 41.5 Å². The Hall–Kier alpha value is -0.160. The van der Waals surface area contributed by atoms with Crippen molar-refractivity contribution in [2.45, 2.75) is 60.5 Å². The summed E-state index contributed by atoms with van der Waals surface area (Å²) in [5.41, 5.74) is 0.0833. The summed E-state index contributed by atoms with van der Waals surface area (Å²) in [5, 5.41) is 0. The molecule has 4 heteroatoms. The first-order chi connectivity index (χ1) is 8.39. The van der Waals surface area contributed by atoms with Gasteiger partial charge in [0.25, 0.3) is 0 Å². The van der Waals surface area contributed by atoms with E-state index in [1.165, 1.54) is 0 Å². The molecule has 0 aliphatic heterocycles. The molecule has 0 bridgehead atoms. The standard InChI is InChI=1S/C8H18O2.C7H16O2/c1-7(2,3)8(4,9-5)10-6;1-7(2,3)6(8-4)9-5/h1-6H3;6H,1-5H3. The molecule has 0 aromatic heterocycles. The Labute approximate surface area is 119 Å². The number of methoxy groups -OCH3 is 4. The van der Waals surface area contributed by atoms with Crippen LogP contribution >= 0.6 is 0 Å². The van der Waals surface area contributed by atoms with E-state index in [0.717, 1.165) is 0 Å². The molecule has 0 spiro atoms. The zero-order chi connectivity index (χ0) is 15.9. The molecule has 0 rings (SSSR count). The highest BCUT2D eigenvalue weighted by Crippen LogP contribution is 2.33. The molecule has 0 N–H and O–H groups in total. The molecule has 0 saturated carbocycles. The van der Waals surface area contributed by atoms with E-state index in [0.29, 0.717) is 0 Å². The average molecular weight is 278 g/mol. The molecular formula is C15H34O4. The van der Waals surface area contributed by atoms with Crippen molar-refractivity contribution in [1.29, 1.82) is 0 Å². The lowest BCUT2D eigenvalue weighted by Crippen LogP contribution is -2.43. The van der Waals surface area contributed by atoms with Crippen LogP contribution in [0.3, 0.4) is 0 Å². The summed E-state index contributed by atoms with van der Waals surface area (Å²) in [6.07, 6.45) is -0.0995. The third-order valence-electron chi connectivity index (χ3n) is 3.28. The highest BCUT2D eigenvalue weighted by atomic mass is 16.7. The Bertz CT molecular complexity index is 217. The van der Waals surface area contributed by atoms with Gasteiger partial charge in [0.15, 0.2) is 12.1 Å². The minimum Gasteiger partial charge on any atom is -0.355 e. The number of hydrogen-bond acceptors (Lipinski definition) is 4. The van der Waals surface area contributed by atoms with E-state index in [1.807, 2.05) is 6.92 Å². The van der Waals surface area contributed by atoms with Gasteiger partial charge in [-0.15, -0.1) is 0 Å². The number of ether oxygens (including phenoxy) is 4. The molecule has 4 nitrogen and oxygen atoms in total. The summed E-state index contributed by atoms with van der Waals surface area (Å²) >= 11 is 0. The van der Waals surface area contributed by atoms with Crippen LogP contribution in [0.25, 0.3) is 0 Å². The lowest BCUT2D eigenvalue weighted by atomic mass is 9.86. The van der Waals surface area contributed by atoms with E-state index in [9.17, 15) is 0 Å². The molecule has 0 aromatic carbocycles. The van der Waals surface area contributed by atoms with Crippen molar-refractivity contribution in [2.24, 2.45) is 10.8 Å². The molecule has 118 valence electrons. The van der Waals surface area contributed by atoms with Gasteiger partial charge >= 0.3 is 0 Å². The minimum atomic E-state index is -0.479. The van der Waals surface area contributed by atoms with Crippen molar-refractivity contribution in [3.63, 3.8) is 0 Å². The second kappa shape index (κ2) is 8.20. The van der Waals surface area contributed by atoms with Crippen LogP contribution in [-0.4, -0.2) is 40.5 Å². The van der Waals surface area contributed by atoms with Gasteiger partial charge in [-0.05, 0) is 6.92 Å². The molecule has 0 aromatic rings. The van der Waals surface area contributed by atoms with Crippen molar-refractivity contribution < 1.29 is 18.9 Å². The Morgan fingerprint density at radius 3 is 0.947 bits per heavy atom. The van der Waals surface area contributed by atoms with Gasteiger partial charge in [0.2, 0.25) is 0 Å². The summed E-state index contributed by atoms with van der Waals surface area (Å²) in [4.78, 5) is 0. The second-order valence-corrected chi connectivity index (χ2v) is 6.77. The zero-order valence-electron chi connectivity index (χ0n) is 14.7. The lowest BCUT2D eigenvalue weighted by Gasteiger charge is -2.38. The summed E-state index contributed by atoms with van der Waals surface area (Å²) < 4.78 is 20.5. The van der Waals surface area contributed by atoms with Gasteiger partial charge in [0.1, 0.15) is 0 Å². The summed E-state index contributed by atoms with van der Waals surface area (Å²) in [7, 11) is 6.63. The van der Waals surface area contributed by atoms with Crippen molar-refractivity contribution in [2.75, 3.05) is 28.4 Å². The molecule has 0 fully saturated rings. The van der Waals surface area contributed by atoms with Gasteiger partial charge in [-0.3, -0.25) is 0 Å². The van der Waals surface area contributed by atoms with Crippen LogP contribution in [0.5, 0.6) is 0 Å². The molecule has 0 saturated heterocycles. The van der Waals surface area contributed by atoms with Gasteiger partial charge in [-0.25, -0.2) is 0 Å². The van der Waals surface area contributed by atoms with Gasteiger partial charge in [0.05, 0.1) is 0 Å². The third-order valence-corrected chi connectivity index (χ3v) is 3.28. The lowest BCUT2D eigenvalue weighted by molar-refractivity contribution is -0.250. The third kappa shape index (κ3) is 7.25. The Morgan fingerprint density at radius 2 is 0.947 bits per heavy atom. The van der Waals surface area contributed by atoms with Crippen molar-refractivity contribution in [3.8, 4) is 0 Å². The van der Waals surface area contributed by atoms with Crippen LogP contribution in [0.2, 0.25) is 0 Å². The largest absolute Gasteiger partial charge is 0.355 e. The van der Waals surface area contributed by atoms with E-state index in [2.05, 4.69) is 41.5 Å². The van der Waals surface area contributed by atoms with E-state index in [-0.39, 0.29) is 17.1 Å². The monoisotopic (exact) mass is 278 g/mol. The van der Waals surface area contributed by atoms with Crippen LogP contribution in [0, 0.1) is 10.8 Å². The fourth-order valence-corrected chi connectivity index (χ4v) is 1.50. The maximum atomic E-state index is 5.23. The Balaban J connectivity index is 0. The molecule has 0 radical (unpaired) electrons. The fraction of sp³-hybridized carbons (Fsp3) is 1.00. The fourth-order valence-electron chi connectivity index (χ4n) is 1.50. The molecule has 0 heterocycles. The Morgan fingerprint density at radius 1 is 0.632 bits per heavy atom. The van der Waals surface area contributed by atoms with Crippen molar-refractivity contribution in [1.82, 2.24) is 0 Å². The van der Waals surface area contributed by atoms with Gasteiger partial charge in [0, 0.05) is 39.3 Å². The second-order valence-electron chi connectivity index (χ2n) is 6.77. The van der Waals surface area contributed by atoms with E-state index in [4.69, 9.17) is 18.9 Å². The van der Waals surface area contributed by atoms with Crippen LogP contribution in [0.4, 0.5) is 0 Å². The molecular weight excluding hydrogens is 244 g/mol. The summed E-state index contributed by atoms with van der Waals surface area (Å²) in [5.74, 6) is -0.479. The quantitative estimate of drug-likeness (QED) is 0.735. The Kier molecular flexibility index (Phi) is 9.12. The molecule has 19 heavy (non-hydrogen) atoms. The highest BCUT2D eigenvalue weighted by molar-refractivity contribution is 4.78. The van der Waals surface area contributed by atoms with Crippen LogP contribution in [0.1, 0.15) is 48.5 Å². The molecule has 0 atom stereocenters. The zero-order valence-corrected chi connectivity index (χ0v) is 14.7. The predicted octanol–water partition coefficient (Wildman–Crippen LogP) is 3.69. The molecule has 0 aliphatic carbocycles. The normalized spacial score (nSPS) is 13.3. The minimum absolute atomic E-state index is 0.0104.